The molecule has 0 aliphatic heterocycles. The van der Waals surface area contributed by atoms with Gasteiger partial charge in [-0.15, -0.1) is 0 Å². The Bertz CT molecular complexity index is 746. The molecule has 0 saturated carbocycles. The Labute approximate surface area is 144 Å². The number of anilines is 1. The Morgan fingerprint density at radius 1 is 1.13 bits per heavy atom. The van der Waals surface area contributed by atoms with Crippen LogP contribution in [-0.4, -0.2) is 17.8 Å². The zero-order valence-corrected chi connectivity index (χ0v) is 14.1. The van der Waals surface area contributed by atoms with Crippen molar-refractivity contribution in [3.63, 3.8) is 0 Å². The van der Waals surface area contributed by atoms with Gasteiger partial charge in [0.25, 0.3) is 5.91 Å². The molecule has 120 valence electrons. The smallest absolute Gasteiger partial charge is 0.265 e. The molecular weight excluding hydrogens is 337 g/mol. The van der Waals surface area contributed by atoms with Crippen LogP contribution >= 0.6 is 23.2 Å². The predicted octanol–water partition coefficient (Wildman–Crippen LogP) is 4.60. The van der Waals surface area contributed by atoms with E-state index in [2.05, 4.69) is 5.32 Å². The zero-order chi connectivity index (χ0) is 17.0. The van der Waals surface area contributed by atoms with Crippen LogP contribution in [0.1, 0.15) is 24.2 Å². The molecule has 2 aromatic rings. The summed E-state index contributed by atoms with van der Waals surface area (Å²) in [5.41, 5.74) is 0.935. The number of carbonyl (C=O) groups is 2. The van der Waals surface area contributed by atoms with E-state index in [1.54, 1.807) is 49.4 Å². The SMILES string of the molecule is CC(=O)c1cccc(O[C@@H](C)C(=O)Nc2cc(Cl)ccc2Cl)c1. The lowest BCUT2D eigenvalue weighted by Crippen LogP contribution is -2.30. The summed E-state index contributed by atoms with van der Waals surface area (Å²) in [4.78, 5) is 23.6. The maximum absolute atomic E-state index is 12.2. The van der Waals surface area contributed by atoms with Crippen LogP contribution in [0.3, 0.4) is 0 Å². The predicted molar refractivity (Wildman–Crippen MR) is 91.6 cm³/mol. The molecule has 0 bridgehead atoms. The second-order valence-corrected chi connectivity index (χ2v) is 5.80. The van der Waals surface area contributed by atoms with Crippen LogP contribution < -0.4 is 10.1 Å². The lowest BCUT2D eigenvalue weighted by molar-refractivity contribution is -0.122. The van der Waals surface area contributed by atoms with E-state index in [1.165, 1.54) is 6.92 Å². The molecule has 0 aliphatic carbocycles. The summed E-state index contributed by atoms with van der Waals surface area (Å²) < 4.78 is 5.57. The van der Waals surface area contributed by atoms with Gasteiger partial charge in [0.15, 0.2) is 11.9 Å². The van der Waals surface area contributed by atoms with E-state index in [4.69, 9.17) is 27.9 Å². The first-order chi connectivity index (χ1) is 10.9. The highest BCUT2D eigenvalue weighted by molar-refractivity contribution is 6.35. The molecule has 1 atom stereocenters. The Kier molecular flexibility index (Phi) is 5.64. The molecule has 0 heterocycles. The number of carbonyl (C=O) groups excluding carboxylic acids is 2. The highest BCUT2D eigenvalue weighted by Gasteiger charge is 2.16. The molecule has 2 rings (SSSR count). The minimum Gasteiger partial charge on any atom is -0.481 e. The lowest BCUT2D eigenvalue weighted by atomic mass is 10.1. The van der Waals surface area contributed by atoms with Gasteiger partial charge in [0.1, 0.15) is 5.75 Å². The minimum absolute atomic E-state index is 0.0711. The number of benzene rings is 2. The van der Waals surface area contributed by atoms with Gasteiger partial charge in [-0.25, -0.2) is 0 Å². The molecule has 0 saturated heterocycles. The van der Waals surface area contributed by atoms with E-state index in [-0.39, 0.29) is 11.7 Å². The van der Waals surface area contributed by atoms with Gasteiger partial charge in [0.05, 0.1) is 10.7 Å². The van der Waals surface area contributed by atoms with E-state index in [1.807, 2.05) is 0 Å². The summed E-state index contributed by atoms with van der Waals surface area (Å²) in [6.45, 7) is 3.07. The summed E-state index contributed by atoms with van der Waals surface area (Å²) in [5.74, 6) is -0.00167. The first-order valence-corrected chi connectivity index (χ1v) is 7.66. The summed E-state index contributed by atoms with van der Waals surface area (Å²) in [6.07, 6.45) is -0.771. The van der Waals surface area contributed by atoms with Crippen molar-refractivity contribution < 1.29 is 14.3 Å². The van der Waals surface area contributed by atoms with Crippen molar-refractivity contribution in [2.45, 2.75) is 20.0 Å². The summed E-state index contributed by atoms with van der Waals surface area (Å²) >= 11 is 11.9. The third-order valence-electron chi connectivity index (χ3n) is 3.11. The standard InChI is InChI=1S/C17H15Cl2NO3/c1-10(21)12-4-3-5-14(8-12)23-11(2)17(22)20-16-9-13(18)6-7-15(16)19/h3-9,11H,1-2H3,(H,20,22)/t11-/m0/s1. The number of amides is 1. The molecule has 0 aromatic heterocycles. The number of halogens is 2. The molecule has 1 amide bonds. The average Bonchev–Trinajstić information content (AvgIpc) is 2.51. The topological polar surface area (TPSA) is 55.4 Å². The van der Waals surface area contributed by atoms with Gasteiger partial charge in [-0.1, -0.05) is 35.3 Å². The molecule has 0 aliphatic rings. The largest absolute Gasteiger partial charge is 0.481 e. The fourth-order valence-corrected chi connectivity index (χ4v) is 2.21. The first-order valence-electron chi connectivity index (χ1n) is 6.90. The monoisotopic (exact) mass is 351 g/mol. The van der Waals surface area contributed by atoms with Gasteiger partial charge in [0, 0.05) is 10.6 Å². The minimum atomic E-state index is -0.771. The van der Waals surface area contributed by atoms with Crippen LogP contribution in [0, 0.1) is 0 Å². The first kappa shape index (κ1) is 17.3. The molecule has 1 N–H and O–H groups in total. The van der Waals surface area contributed by atoms with Gasteiger partial charge >= 0.3 is 0 Å². The maximum atomic E-state index is 12.2. The number of Topliss-reactive ketones (excluding diaryl/α,β-unsaturated/α-hetero) is 1. The van der Waals surface area contributed by atoms with Gasteiger partial charge in [-0.3, -0.25) is 9.59 Å². The fraction of sp³-hybridized carbons (Fsp3) is 0.176. The Hall–Kier alpha value is -2.04. The molecule has 4 nitrogen and oxygen atoms in total. The molecule has 6 heteroatoms. The van der Waals surface area contributed by atoms with Gasteiger partial charge in [-0.2, -0.15) is 0 Å². The second kappa shape index (κ2) is 7.49. The zero-order valence-electron chi connectivity index (χ0n) is 12.6. The summed E-state index contributed by atoms with van der Waals surface area (Å²) in [7, 11) is 0. The number of rotatable bonds is 5. The molecule has 0 radical (unpaired) electrons. The van der Waals surface area contributed by atoms with Crippen molar-refractivity contribution in [1.82, 2.24) is 0 Å². The van der Waals surface area contributed by atoms with Crippen LogP contribution in [0.4, 0.5) is 5.69 Å². The van der Waals surface area contributed by atoms with E-state index < -0.39 is 6.10 Å². The molecule has 0 fully saturated rings. The molecule has 0 spiro atoms. The Balaban J connectivity index is 2.07. The molecule has 23 heavy (non-hydrogen) atoms. The highest BCUT2D eigenvalue weighted by Crippen LogP contribution is 2.25. The van der Waals surface area contributed by atoms with Gasteiger partial charge in [0.2, 0.25) is 0 Å². The normalized spacial score (nSPS) is 11.7. The molecule has 2 aromatic carbocycles. The van der Waals surface area contributed by atoms with E-state index >= 15 is 0 Å². The fourth-order valence-electron chi connectivity index (χ4n) is 1.87. The van der Waals surface area contributed by atoms with Gasteiger partial charge < -0.3 is 10.1 Å². The second-order valence-electron chi connectivity index (χ2n) is 4.96. The third kappa shape index (κ3) is 4.71. The van der Waals surface area contributed by atoms with E-state index in [9.17, 15) is 9.59 Å². The number of hydrogen-bond donors (Lipinski definition) is 1. The average molecular weight is 352 g/mol. The van der Waals surface area contributed by atoms with Gasteiger partial charge in [-0.05, 0) is 44.2 Å². The molecular formula is C17H15Cl2NO3. The number of hydrogen-bond acceptors (Lipinski definition) is 3. The van der Waals surface area contributed by atoms with Crippen molar-refractivity contribution >= 4 is 40.6 Å². The van der Waals surface area contributed by atoms with E-state index in [0.717, 1.165) is 0 Å². The quantitative estimate of drug-likeness (QED) is 0.800. The van der Waals surface area contributed by atoms with Crippen LogP contribution in [0.2, 0.25) is 10.0 Å². The summed E-state index contributed by atoms with van der Waals surface area (Å²) in [6, 6.07) is 11.5. The molecule has 0 unspecified atom stereocenters. The van der Waals surface area contributed by atoms with Crippen molar-refractivity contribution in [3.8, 4) is 5.75 Å². The lowest BCUT2D eigenvalue weighted by Gasteiger charge is -2.16. The number of nitrogens with one attached hydrogen (secondary N) is 1. The maximum Gasteiger partial charge on any atom is 0.265 e. The van der Waals surface area contributed by atoms with Crippen molar-refractivity contribution in [3.05, 3.63) is 58.1 Å². The summed E-state index contributed by atoms with van der Waals surface area (Å²) in [5, 5.41) is 3.51. The van der Waals surface area contributed by atoms with Crippen LogP contribution in [0.25, 0.3) is 0 Å². The van der Waals surface area contributed by atoms with E-state index in [0.29, 0.717) is 27.0 Å². The van der Waals surface area contributed by atoms with Crippen LogP contribution in [0.15, 0.2) is 42.5 Å². The number of ketones is 1. The van der Waals surface area contributed by atoms with Crippen molar-refractivity contribution in [1.29, 1.82) is 0 Å². The Morgan fingerprint density at radius 2 is 1.87 bits per heavy atom. The van der Waals surface area contributed by atoms with Crippen molar-refractivity contribution in [2.24, 2.45) is 0 Å². The van der Waals surface area contributed by atoms with Crippen LogP contribution in [0.5, 0.6) is 5.75 Å². The highest BCUT2D eigenvalue weighted by atomic mass is 35.5. The Morgan fingerprint density at radius 3 is 2.57 bits per heavy atom. The number of ether oxygens (including phenoxy) is 1. The van der Waals surface area contributed by atoms with Crippen LogP contribution in [-0.2, 0) is 4.79 Å². The third-order valence-corrected chi connectivity index (χ3v) is 3.67. The van der Waals surface area contributed by atoms with Crippen molar-refractivity contribution in [2.75, 3.05) is 5.32 Å².